The van der Waals surface area contributed by atoms with Gasteiger partial charge in [-0.25, -0.2) is 0 Å². The fourth-order valence-corrected chi connectivity index (χ4v) is 2.08. The van der Waals surface area contributed by atoms with E-state index in [-0.39, 0.29) is 5.91 Å². The van der Waals surface area contributed by atoms with E-state index in [0.29, 0.717) is 11.5 Å². The highest BCUT2D eigenvalue weighted by Gasteiger charge is 2.07. The Hall–Kier alpha value is -2.29. The van der Waals surface area contributed by atoms with Gasteiger partial charge in [0.25, 0.3) is 5.91 Å². The number of carbonyl (C=O) groups is 1. The first-order chi connectivity index (χ1) is 10.1. The molecule has 0 saturated heterocycles. The number of nitrogens with one attached hydrogen (secondary N) is 1. The van der Waals surface area contributed by atoms with Crippen LogP contribution in [0.25, 0.3) is 0 Å². The monoisotopic (exact) mass is 283 g/mol. The number of hydrogen-bond acceptors (Lipinski definition) is 2. The second kappa shape index (κ2) is 6.93. The Morgan fingerprint density at radius 3 is 2.24 bits per heavy atom. The van der Waals surface area contributed by atoms with Crippen molar-refractivity contribution in [3.63, 3.8) is 0 Å². The summed E-state index contributed by atoms with van der Waals surface area (Å²) in [5.41, 5.74) is 2.71. The molecule has 1 amide bonds. The SMILES string of the molecule is CCC(C)c1ccc(NC(=O)c2ccc(OC)cc2)cc1. The Morgan fingerprint density at radius 2 is 1.71 bits per heavy atom. The quantitative estimate of drug-likeness (QED) is 0.879. The number of rotatable bonds is 5. The van der Waals surface area contributed by atoms with Crippen LogP contribution in [0.2, 0.25) is 0 Å². The molecule has 2 aromatic rings. The highest BCUT2D eigenvalue weighted by Crippen LogP contribution is 2.21. The van der Waals surface area contributed by atoms with E-state index in [9.17, 15) is 4.79 Å². The van der Waals surface area contributed by atoms with Crippen LogP contribution in [-0.4, -0.2) is 13.0 Å². The molecule has 110 valence electrons. The number of hydrogen-bond donors (Lipinski definition) is 1. The molecule has 0 bridgehead atoms. The van der Waals surface area contributed by atoms with E-state index in [1.165, 1.54) is 5.56 Å². The largest absolute Gasteiger partial charge is 0.497 e. The number of benzene rings is 2. The Bertz CT molecular complexity index is 588. The number of methoxy groups -OCH3 is 1. The van der Waals surface area contributed by atoms with Crippen molar-refractivity contribution >= 4 is 11.6 Å². The lowest BCUT2D eigenvalue weighted by molar-refractivity contribution is 0.102. The zero-order chi connectivity index (χ0) is 15.2. The van der Waals surface area contributed by atoms with Crippen molar-refractivity contribution in [2.24, 2.45) is 0 Å². The first-order valence-electron chi connectivity index (χ1n) is 7.19. The molecular formula is C18H21NO2. The summed E-state index contributed by atoms with van der Waals surface area (Å²) in [4.78, 5) is 12.1. The van der Waals surface area contributed by atoms with E-state index in [1.807, 2.05) is 12.1 Å². The molecule has 1 unspecified atom stereocenters. The Labute approximate surface area is 126 Å². The standard InChI is InChI=1S/C18H21NO2/c1-4-13(2)14-5-9-16(10-6-14)19-18(20)15-7-11-17(21-3)12-8-15/h5-13H,4H2,1-3H3,(H,19,20). The lowest BCUT2D eigenvalue weighted by Gasteiger charge is -2.10. The number of amides is 1. The minimum absolute atomic E-state index is 0.117. The van der Waals surface area contributed by atoms with Crippen molar-refractivity contribution in [3.8, 4) is 5.75 Å². The third kappa shape index (κ3) is 3.85. The van der Waals surface area contributed by atoms with E-state index in [4.69, 9.17) is 4.74 Å². The Kier molecular flexibility index (Phi) is 4.99. The van der Waals surface area contributed by atoms with E-state index in [2.05, 4.69) is 31.3 Å². The van der Waals surface area contributed by atoms with Crippen molar-refractivity contribution in [2.75, 3.05) is 12.4 Å². The second-order valence-electron chi connectivity index (χ2n) is 5.11. The first kappa shape index (κ1) is 15.1. The fourth-order valence-electron chi connectivity index (χ4n) is 2.08. The molecule has 0 aliphatic rings. The van der Waals surface area contributed by atoms with Gasteiger partial charge in [-0.2, -0.15) is 0 Å². The van der Waals surface area contributed by atoms with Crippen molar-refractivity contribution in [1.82, 2.24) is 0 Å². The molecule has 0 heterocycles. The van der Waals surface area contributed by atoms with Crippen LogP contribution in [0.15, 0.2) is 48.5 Å². The average Bonchev–Trinajstić information content (AvgIpc) is 2.55. The maximum Gasteiger partial charge on any atom is 0.255 e. The van der Waals surface area contributed by atoms with Crippen molar-refractivity contribution in [1.29, 1.82) is 0 Å². The summed E-state index contributed by atoms with van der Waals surface area (Å²) in [6.45, 7) is 4.37. The van der Waals surface area contributed by atoms with Crippen LogP contribution in [0, 0.1) is 0 Å². The van der Waals surface area contributed by atoms with Crippen molar-refractivity contribution in [3.05, 3.63) is 59.7 Å². The molecule has 0 spiro atoms. The third-order valence-corrected chi connectivity index (χ3v) is 3.70. The minimum atomic E-state index is -0.117. The van der Waals surface area contributed by atoms with E-state index >= 15 is 0 Å². The molecule has 2 aromatic carbocycles. The molecule has 0 radical (unpaired) electrons. The smallest absolute Gasteiger partial charge is 0.255 e. The van der Waals surface area contributed by atoms with Gasteiger partial charge in [0.1, 0.15) is 5.75 Å². The number of carbonyl (C=O) groups excluding carboxylic acids is 1. The van der Waals surface area contributed by atoms with Crippen molar-refractivity contribution in [2.45, 2.75) is 26.2 Å². The summed E-state index contributed by atoms with van der Waals surface area (Å²) < 4.78 is 5.08. The molecule has 3 heteroatoms. The number of ether oxygens (including phenoxy) is 1. The average molecular weight is 283 g/mol. The molecule has 0 aliphatic carbocycles. The molecule has 0 aliphatic heterocycles. The zero-order valence-electron chi connectivity index (χ0n) is 12.7. The van der Waals surface area contributed by atoms with Gasteiger partial charge in [-0.05, 0) is 54.3 Å². The van der Waals surface area contributed by atoms with Gasteiger partial charge in [0.15, 0.2) is 0 Å². The minimum Gasteiger partial charge on any atom is -0.497 e. The van der Waals surface area contributed by atoms with Gasteiger partial charge >= 0.3 is 0 Å². The molecule has 21 heavy (non-hydrogen) atoms. The molecular weight excluding hydrogens is 262 g/mol. The molecule has 3 nitrogen and oxygen atoms in total. The zero-order valence-corrected chi connectivity index (χ0v) is 12.7. The van der Waals surface area contributed by atoms with Gasteiger partial charge in [0.2, 0.25) is 0 Å². The molecule has 0 aromatic heterocycles. The highest BCUT2D eigenvalue weighted by molar-refractivity contribution is 6.04. The van der Waals surface area contributed by atoms with Crippen LogP contribution < -0.4 is 10.1 Å². The van der Waals surface area contributed by atoms with Gasteiger partial charge in [-0.1, -0.05) is 26.0 Å². The van der Waals surface area contributed by atoms with Crippen molar-refractivity contribution < 1.29 is 9.53 Å². The van der Waals surface area contributed by atoms with Crippen LogP contribution in [0.4, 0.5) is 5.69 Å². The van der Waals surface area contributed by atoms with Crippen LogP contribution in [0.1, 0.15) is 42.1 Å². The maximum absolute atomic E-state index is 12.1. The summed E-state index contributed by atoms with van der Waals surface area (Å²) in [6.07, 6.45) is 1.11. The summed E-state index contributed by atoms with van der Waals surface area (Å²) >= 11 is 0. The highest BCUT2D eigenvalue weighted by atomic mass is 16.5. The number of anilines is 1. The topological polar surface area (TPSA) is 38.3 Å². The van der Waals surface area contributed by atoms with Crippen LogP contribution in [0.3, 0.4) is 0 Å². The summed E-state index contributed by atoms with van der Waals surface area (Å²) in [5, 5.41) is 2.90. The molecule has 2 rings (SSSR count). The summed E-state index contributed by atoms with van der Waals surface area (Å²) in [6, 6.07) is 15.1. The van der Waals surface area contributed by atoms with Gasteiger partial charge in [0.05, 0.1) is 7.11 Å². The van der Waals surface area contributed by atoms with Crippen LogP contribution in [0.5, 0.6) is 5.75 Å². The van der Waals surface area contributed by atoms with Gasteiger partial charge in [-0.3, -0.25) is 4.79 Å². The summed E-state index contributed by atoms with van der Waals surface area (Å²) in [5.74, 6) is 1.16. The first-order valence-corrected chi connectivity index (χ1v) is 7.19. The van der Waals surface area contributed by atoms with Gasteiger partial charge < -0.3 is 10.1 Å². The second-order valence-corrected chi connectivity index (χ2v) is 5.11. The molecule has 0 fully saturated rings. The van der Waals surface area contributed by atoms with E-state index < -0.39 is 0 Å². The van der Waals surface area contributed by atoms with Gasteiger partial charge in [-0.15, -0.1) is 0 Å². The predicted molar refractivity (Wildman–Crippen MR) is 86.1 cm³/mol. The van der Waals surface area contributed by atoms with E-state index in [1.54, 1.807) is 31.4 Å². The fraction of sp³-hybridized carbons (Fsp3) is 0.278. The molecule has 1 atom stereocenters. The lowest BCUT2D eigenvalue weighted by atomic mass is 9.98. The molecule has 1 N–H and O–H groups in total. The van der Waals surface area contributed by atoms with E-state index in [0.717, 1.165) is 17.9 Å². The lowest BCUT2D eigenvalue weighted by Crippen LogP contribution is -2.11. The van der Waals surface area contributed by atoms with Crippen LogP contribution >= 0.6 is 0 Å². The predicted octanol–water partition coefficient (Wildman–Crippen LogP) is 4.46. The normalized spacial score (nSPS) is 11.8. The third-order valence-electron chi connectivity index (χ3n) is 3.70. The Morgan fingerprint density at radius 1 is 1.10 bits per heavy atom. The summed E-state index contributed by atoms with van der Waals surface area (Å²) in [7, 11) is 1.61. The Balaban J connectivity index is 2.04. The van der Waals surface area contributed by atoms with Crippen LogP contribution in [-0.2, 0) is 0 Å². The van der Waals surface area contributed by atoms with Gasteiger partial charge in [0, 0.05) is 11.3 Å². The molecule has 0 saturated carbocycles. The maximum atomic E-state index is 12.1.